The summed E-state index contributed by atoms with van der Waals surface area (Å²) < 4.78 is 7.17. The highest BCUT2D eigenvalue weighted by Gasteiger charge is 2.02. The number of ether oxygens (including phenoxy) is 1. The van der Waals surface area contributed by atoms with Crippen LogP contribution in [0.15, 0.2) is 53.9 Å². The topological polar surface area (TPSA) is 45.7 Å². The molecule has 1 N–H and O–H groups in total. The van der Waals surface area contributed by atoms with Gasteiger partial charge in [0.2, 0.25) is 0 Å². The number of rotatable bonds is 4. The summed E-state index contributed by atoms with van der Waals surface area (Å²) in [7, 11) is 1.66. The maximum Gasteiger partial charge on any atom is 0.173 e. The average Bonchev–Trinajstić information content (AvgIpc) is 2.42. The maximum absolute atomic E-state index is 8.42. The van der Waals surface area contributed by atoms with Gasteiger partial charge in [-0.05, 0) is 24.3 Å². The van der Waals surface area contributed by atoms with Crippen molar-refractivity contribution in [2.75, 3.05) is 7.11 Å². The zero-order valence-electron chi connectivity index (χ0n) is 10.2. The highest BCUT2D eigenvalue weighted by molar-refractivity contribution is 5.78. The molecule has 18 heavy (non-hydrogen) atoms. The van der Waals surface area contributed by atoms with E-state index in [1.165, 1.54) is 11.8 Å². The summed E-state index contributed by atoms with van der Waals surface area (Å²) in [6.07, 6.45) is 5.29. The second kappa shape index (κ2) is 5.82. The first-order valence-electron chi connectivity index (χ1n) is 5.61. The van der Waals surface area contributed by atoms with Gasteiger partial charge in [0.1, 0.15) is 5.75 Å². The molecule has 4 heteroatoms. The Bertz CT molecular complexity index is 518. The second-order valence-electron chi connectivity index (χ2n) is 3.90. The first kappa shape index (κ1) is 12.1. The molecule has 0 aliphatic carbocycles. The van der Waals surface area contributed by atoms with Crippen LogP contribution in [0, 0.1) is 0 Å². The average molecular weight is 243 g/mol. The van der Waals surface area contributed by atoms with Gasteiger partial charge in [-0.3, -0.25) is 0 Å². The van der Waals surface area contributed by atoms with Crippen molar-refractivity contribution in [2.24, 2.45) is 5.16 Å². The van der Waals surface area contributed by atoms with Crippen LogP contribution in [-0.2, 0) is 6.54 Å². The third-order valence-corrected chi connectivity index (χ3v) is 2.65. The molecule has 0 spiro atoms. The Hall–Kier alpha value is -2.36. The first-order valence-corrected chi connectivity index (χ1v) is 5.61. The Morgan fingerprint density at radius 2 is 1.83 bits per heavy atom. The molecule has 1 heterocycles. The molecule has 0 saturated heterocycles. The summed E-state index contributed by atoms with van der Waals surface area (Å²) in [5, 5.41) is 11.4. The van der Waals surface area contributed by atoms with Crippen molar-refractivity contribution in [3.8, 4) is 5.75 Å². The van der Waals surface area contributed by atoms with Gasteiger partial charge < -0.3 is 9.94 Å². The van der Waals surface area contributed by atoms with Crippen LogP contribution >= 0.6 is 0 Å². The van der Waals surface area contributed by atoms with Crippen molar-refractivity contribution in [1.82, 2.24) is 0 Å². The molecule has 1 aromatic heterocycles. The van der Waals surface area contributed by atoms with E-state index in [1.807, 2.05) is 48.8 Å². The van der Waals surface area contributed by atoms with Crippen LogP contribution in [-0.4, -0.2) is 18.5 Å². The number of pyridine rings is 1. The Morgan fingerprint density at radius 3 is 2.39 bits per heavy atom. The summed E-state index contributed by atoms with van der Waals surface area (Å²) in [5.41, 5.74) is 2.06. The van der Waals surface area contributed by atoms with Crippen LogP contribution in [0.5, 0.6) is 5.75 Å². The molecule has 0 bridgehead atoms. The third kappa shape index (κ3) is 3.07. The van der Waals surface area contributed by atoms with Gasteiger partial charge >= 0.3 is 0 Å². The smallest absolute Gasteiger partial charge is 0.173 e. The van der Waals surface area contributed by atoms with Gasteiger partial charge in [-0.2, -0.15) is 0 Å². The molecule has 4 nitrogen and oxygen atoms in total. The minimum Gasteiger partial charge on any atom is -0.497 e. The number of aromatic nitrogens is 1. The van der Waals surface area contributed by atoms with Crippen molar-refractivity contribution in [3.05, 3.63) is 59.9 Å². The molecular formula is C14H15N2O2+. The molecule has 2 aromatic rings. The number of benzene rings is 1. The van der Waals surface area contributed by atoms with E-state index < -0.39 is 0 Å². The lowest BCUT2D eigenvalue weighted by atomic mass is 10.2. The van der Waals surface area contributed by atoms with E-state index in [0.29, 0.717) is 0 Å². The standard InChI is InChI=1S/C14H14N2O2/c1-18-14-4-2-13(3-5-14)11-16-8-6-12(7-9-16)10-15-17/h2-10H,11H2,1H3/p+1. The summed E-state index contributed by atoms with van der Waals surface area (Å²) in [6, 6.07) is 11.8. The Balaban J connectivity index is 2.08. The largest absolute Gasteiger partial charge is 0.497 e. The van der Waals surface area contributed by atoms with Gasteiger partial charge in [-0.15, -0.1) is 0 Å². The van der Waals surface area contributed by atoms with E-state index in [0.717, 1.165) is 17.9 Å². The number of nitrogens with zero attached hydrogens (tertiary/aromatic N) is 2. The fourth-order valence-corrected chi connectivity index (χ4v) is 1.67. The Morgan fingerprint density at radius 1 is 1.17 bits per heavy atom. The van der Waals surface area contributed by atoms with Crippen molar-refractivity contribution in [2.45, 2.75) is 6.54 Å². The number of methoxy groups -OCH3 is 1. The molecule has 0 saturated carbocycles. The minimum absolute atomic E-state index is 0.792. The van der Waals surface area contributed by atoms with Gasteiger partial charge in [0, 0.05) is 23.3 Å². The predicted octanol–water partition coefficient (Wildman–Crippen LogP) is 1.84. The summed E-state index contributed by atoms with van der Waals surface area (Å²) in [5.74, 6) is 0.859. The summed E-state index contributed by atoms with van der Waals surface area (Å²) in [6.45, 7) is 0.792. The number of oxime groups is 1. The van der Waals surface area contributed by atoms with Crippen LogP contribution in [0.1, 0.15) is 11.1 Å². The molecule has 0 aliphatic heterocycles. The maximum atomic E-state index is 8.42. The van der Waals surface area contributed by atoms with Crippen molar-refractivity contribution >= 4 is 6.21 Å². The van der Waals surface area contributed by atoms with E-state index in [9.17, 15) is 0 Å². The summed E-state index contributed by atoms with van der Waals surface area (Å²) in [4.78, 5) is 0. The lowest BCUT2D eigenvalue weighted by molar-refractivity contribution is -0.688. The lowest BCUT2D eigenvalue weighted by Gasteiger charge is -2.01. The molecule has 0 radical (unpaired) electrons. The zero-order valence-corrected chi connectivity index (χ0v) is 10.2. The van der Waals surface area contributed by atoms with E-state index in [2.05, 4.69) is 9.72 Å². The highest BCUT2D eigenvalue weighted by Crippen LogP contribution is 2.10. The van der Waals surface area contributed by atoms with E-state index in [1.54, 1.807) is 7.11 Å². The highest BCUT2D eigenvalue weighted by atomic mass is 16.5. The van der Waals surface area contributed by atoms with Crippen molar-refractivity contribution in [3.63, 3.8) is 0 Å². The molecule has 0 fully saturated rings. The molecule has 0 amide bonds. The van der Waals surface area contributed by atoms with E-state index in [4.69, 9.17) is 9.94 Å². The lowest BCUT2D eigenvalue weighted by Crippen LogP contribution is -2.33. The van der Waals surface area contributed by atoms with Crippen LogP contribution in [0.2, 0.25) is 0 Å². The minimum atomic E-state index is 0.792. The quantitative estimate of drug-likeness (QED) is 0.385. The molecule has 0 aliphatic rings. The number of hydrogen-bond acceptors (Lipinski definition) is 3. The molecule has 0 unspecified atom stereocenters. The van der Waals surface area contributed by atoms with Gasteiger partial charge in [0.05, 0.1) is 13.3 Å². The molecule has 92 valence electrons. The van der Waals surface area contributed by atoms with E-state index >= 15 is 0 Å². The van der Waals surface area contributed by atoms with Gasteiger partial charge in [-0.1, -0.05) is 5.16 Å². The van der Waals surface area contributed by atoms with Gasteiger partial charge in [0.25, 0.3) is 0 Å². The van der Waals surface area contributed by atoms with E-state index in [-0.39, 0.29) is 0 Å². The van der Waals surface area contributed by atoms with Crippen LogP contribution in [0.25, 0.3) is 0 Å². The molecule has 2 rings (SSSR count). The monoisotopic (exact) mass is 243 g/mol. The predicted molar refractivity (Wildman–Crippen MR) is 68.1 cm³/mol. The molecule has 1 aromatic carbocycles. The third-order valence-electron chi connectivity index (χ3n) is 2.65. The Labute approximate surface area is 106 Å². The normalized spacial score (nSPS) is 10.7. The van der Waals surface area contributed by atoms with Crippen molar-refractivity contribution < 1.29 is 14.5 Å². The summed E-state index contributed by atoms with van der Waals surface area (Å²) >= 11 is 0. The fourth-order valence-electron chi connectivity index (χ4n) is 1.67. The Kier molecular flexibility index (Phi) is 3.91. The zero-order chi connectivity index (χ0) is 12.8. The first-order chi connectivity index (χ1) is 8.81. The van der Waals surface area contributed by atoms with Crippen LogP contribution in [0.3, 0.4) is 0 Å². The molecular weight excluding hydrogens is 228 g/mol. The van der Waals surface area contributed by atoms with Gasteiger partial charge in [-0.25, -0.2) is 4.57 Å². The van der Waals surface area contributed by atoms with Crippen LogP contribution < -0.4 is 9.30 Å². The second-order valence-corrected chi connectivity index (χ2v) is 3.90. The fraction of sp³-hybridized carbons (Fsp3) is 0.143. The van der Waals surface area contributed by atoms with Gasteiger partial charge in [0.15, 0.2) is 18.9 Å². The van der Waals surface area contributed by atoms with Crippen LogP contribution in [0.4, 0.5) is 0 Å². The van der Waals surface area contributed by atoms with Crippen molar-refractivity contribution in [1.29, 1.82) is 0 Å². The number of hydrogen-bond donors (Lipinski definition) is 1. The SMILES string of the molecule is COc1ccc(C[n+]2ccc(/C=N/O)cc2)cc1. The molecule has 0 atom stereocenters.